The molecule has 102 valence electrons. The predicted molar refractivity (Wildman–Crippen MR) is 83.7 cm³/mol. The zero-order chi connectivity index (χ0) is 13.0. The highest BCUT2D eigenvalue weighted by Gasteiger charge is 2.21. The summed E-state index contributed by atoms with van der Waals surface area (Å²) >= 11 is 3.96. The summed E-state index contributed by atoms with van der Waals surface area (Å²) in [5, 5.41) is 7.34. The maximum Gasteiger partial charge on any atom is 0.0386 e. The molecule has 1 fully saturated rings. The molecule has 1 aliphatic rings. The van der Waals surface area contributed by atoms with Crippen LogP contribution in [0.3, 0.4) is 0 Å². The van der Waals surface area contributed by atoms with Crippen molar-refractivity contribution in [2.24, 2.45) is 0 Å². The molecule has 4 heteroatoms. The highest BCUT2D eigenvalue weighted by molar-refractivity contribution is 8.00. The number of rotatable bonds is 5. The summed E-state index contributed by atoms with van der Waals surface area (Å²) in [5.74, 6) is 0. The Balaban J connectivity index is 1.69. The van der Waals surface area contributed by atoms with E-state index in [4.69, 9.17) is 0 Å². The van der Waals surface area contributed by atoms with Crippen molar-refractivity contribution in [2.75, 3.05) is 26.2 Å². The van der Waals surface area contributed by atoms with Crippen LogP contribution in [-0.2, 0) is 0 Å². The van der Waals surface area contributed by atoms with Crippen molar-refractivity contribution in [3.63, 3.8) is 0 Å². The van der Waals surface area contributed by atoms with Gasteiger partial charge in [-0.25, -0.2) is 0 Å². The molecule has 0 aliphatic carbocycles. The van der Waals surface area contributed by atoms with Gasteiger partial charge in [-0.15, -0.1) is 11.3 Å². The lowest BCUT2D eigenvalue weighted by atomic mass is 10.2. The summed E-state index contributed by atoms with van der Waals surface area (Å²) in [6.07, 6.45) is 0. The SMILES string of the molecule is CC1CN(CCNC(C)c2cccs2)CC(C)S1. The molecule has 3 unspecified atom stereocenters. The molecule has 1 aromatic rings. The van der Waals surface area contributed by atoms with Crippen LogP contribution in [0.25, 0.3) is 0 Å². The summed E-state index contributed by atoms with van der Waals surface area (Å²) in [5.41, 5.74) is 0. The van der Waals surface area contributed by atoms with Crippen LogP contribution < -0.4 is 5.32 Å². The number of thiophene rings is 1. The van der Waals surface area contributed by atoms with Crippen molar-refractivity contribution >= 4 is 23.1 Å². The van der Waals surface area contributed by atoms with E-state index in [1.165, 1.54) is 24.5 Å². The van der Waals surface area contributed by atoms with Crippen LogP contribution in [-0.4, -0.2) is 41.6 Å². The lowest BCUT2D eigenvalue weighted by Crippen LogP contribution is -2.43. The Hall–Kier alpha value is -0.0300. The Morgan fingerprint density at radius 3 is 2.72 bits per heavy atom. The molecule has 2 nitrogen and oxygen atoms in total. The van der Waals surface area contributed by atoms with Crippen molar-refractivity contribution in [2.45, 2.75) is 37.3 Å². The molecular weight excluding hydrogens is 260 g/mol. The smallest absolute Gasteiger partial charge is 0.0386 e. The Morgan fingerprint density at radius 1 is 1.39 bits per heavy atom. The third-order valence-electron chi connectivity index (χ3n) is 3.34. The van der Waals surface area contributed by atoms with E-state index in [0.717, 1.165) is 17.0 Å². The number of nitrogens with one attached hydrogen (secondary N) is 1. The van der Waals surface area contributed by atoms with Crippen molar-refractivity contribution in [1.82, 2.24) is 10.2 Å². The van der Waals surface area contributed by atoms with Crippen molar-refractivity contribution < 1.29 is 0 Å². The molecule has 1 aromatic heterocycles. The fourth-order valence-electron chi connectivity index (χ4n) is 2.54. The van der Waals surface area contributed by atoms with Crippen LogP contribution in [0.15, 0.2) is 17.5 Å². The van der Waals surface area contributed by atoms with Gasteiger partial charge in [0.1, 0.15) is 0 Å². The largest absolute Gasteiger partial charge is 0.308 e. The maximum atomic E-state index is 3.62. The minimum absolute atomic E-state index is 0.485. The second-order valence-corrected chi connectivity index (χ2v) is 8.07. The van der Waals surface area contributed by atoms with Crippen LogP contribution >= 0.6 is 23.1 Å². The van der Waals surface area contributed by atoms with Gasteiger partial charge in [-0.1, -0.05) is 19.9 Å². The van der Waals surface area contributed by atoms with Gasteiger partial charge in [0.25, 0.3) is 0 Å². The molecular formula is C14H24N2S2. The van der Waals surface area contributed by atoms with Gasteiger partial charge in [0.15, 0.2) is 0 Å². The molecule has 0 bridgehead atoms. The molecule has 1 aliphatic heterocycles. The molecule has 0 spiro atoms. The van der Waals surface area contributed by atoms with Gasteiger partial charge in [0.2, 0.25) is 0 Å². The van der Waals surface area contributed by atoms with Crippen LogP contribution in [0, 0.1) is 0 Å². The van der Waals surface area contributed by atoms with Crippen LogP contribution in [0.2, 0.25) is 0 Å². The van der Waals surface area contributed by atoms with E-state index in [2.05, 4.69) is 60.3 Å². The molecule has 1 saturated heterocycles. The molecule has 1 N–H and O–H groups in total. The Kier molecular flexibility index (Phi) is 5.55. The zero-order valence-corrected chi connectivity index (χ0v) is 13.2. The number of nitrogens with zero attached hydrogens (tertiary/aromatic N) is 1. The van der Waals surface area contributed by atoms with E-state index in [9.17, 15) is 0 Å². The van der Waals surface area contributed by atoms with Gasteiger partial charge in [0, 0.05) is 47.6 Å². The first-order valence-electron chi connectivity index (χ1n) is 6.79. The van der Waals surface area contributed by atoms with E-state index in [-0.39, 0.29) is 0 Å². The van der Waals surface area contributed by atoms with E-state index >= 15 is 0 Å². The van der Waals surface area contributed by atoms with Gasteiger partial charge in [-0.05, 0) is 18.4 Å². The van der Waals surface area contributed by atoms with Gasteiger partial charge < -0.3 is 5.32 Å². The van der Waals surface area contributed by atoms with E-state index < -0.39 is 0 Å². The molecule has 2 heterocycles. The first kappa shape index (κ1) is 14.4. The monoisotopic (exact) mass is 284 g/mol. The van der Waals surface area contributed by atoms with E-state index in [1.807, 2.05) is 11.3 Å². The standard InChI is InChI=1S/C14H24N2S2/c1-11-9-16(10-12(2)18-11)7-6-15-13(3)14-5-4-8-17-14/h4-5,8,11-13,15H,6-7,9-10H2,1-3H3. The molecule has 3 atom stereocenters. The van der Waals surface area contributed by atoms with Gasteiger partial charge in [-0.2, -0.15) is 11.8 Å². The van der Waals surface area contributed by atoms with E-state index in [1.54, 1.807) is 0 Å². The first-order chi connectivity index (χ1) is 8.65. The minimum atomic E-state index is 0.485. The molecule has 0 amide bonds. The molecule has 0 saturated carbocycles. The highest BCUT2D eigenvalue weighted by atomic mass is 32.2. The quantitative estimate of drug-likeness (QED) is 0.894. The predicted octanol–water partition coefficient (Wildman–Crippen LogP) is 3.22. The number of hydrogen-bond donors (Lipinski definition) is 1. The van der Waals surface area contributed by atoms with Crippen molar-refractivity contribution in [1.29, 1.82) is 0 Å². The van der Waals surface area contributed by atoms with Crippen LogP contribution in [0.5, 0.6) is 0 Å². The third-order valence-corrected chi connectivity index (χ3v) is 5.63. The van der Waals surface area contributed by atoms with Crippen LogP contribution in [0.1, 0.15) is 31.7 Å². The van der Waals surface area contributed by atoms with Crippen molar-refractivity contribution in [3.05, 3.63) is 22.4 Å². The Labute approximate surface area is 119 Å². The lowest BCUT2D eigenvalue weighted by Gasteiger charge is -2.34. The van der Waals surface area contributed by atoms with Crippen LogP contribution in [0.4, 0.5) is 0 Å². The topological polar surface area (TPSA) is 15.3 Å². The fraction of sp³-hybridized carbons (Fsp3) is 0.714. The summed E-state index contributed by atoms with van der Waals surface area (Å²) in [6, 6.07) is 4.83. The zero-order valence-electron chi connectivity index (χ0n) is 11.6. The lowest BCUT2D eigenvalue weighted by molar-refractivity contribution is 0.267. The molecule has 0 aromatic carbocycles. The van der Waals surface area contributed by atoms with Gasteiger partial charge in [-0.3, -0.25) is 4.90 Å². The highest BCUT2D eigenvalue weighted by Crippen LogP contribution is 2.24. The minimum Gasteiger partial charge on any atom is -0.308 e. The van der Waals surface area contributed by atoms with Gasteiger partial charge in [0.05, 0.1) is 0 Å². The summed E-state index contributed by atoms with van der Waals surface area (Å²) < 4.78 is 0. The number of hydrogen-bond acceptors (Lipinski definition) is 4. The third kappa shape index (κ3) is 4.26. The first-order valence-corrected chi connectivity index (χ1v) is 8.62. The average molecular weight is 284 g/mol. The average Bonchev–Trinajstić information content (AvgIpc) is 2.80. The molecule has 18 heavy (non-hydrogen) atoms. The maximum absolute atomic E-state index is 3.62. The summed E-state index contributed by atoms with van der Waals surface area (Å²) in [6.45, 7) is 11.7. The summed E-state index contributed by atoms with van der Waals surface area (Å²) in [4.78, 5) is 4.03. The Morgan fingerprint density at radius 2 is 2.11 bits per heavy atom. The second-order valence-electron chi connectivity index (χ2n) is 5.21. The van der Waals surface area contributed by atoms with Crippen molar-refractivity contribution in [3.8, 4) is 0 Å². The van der Waals surface area contributed by atoms with E-state index in [0.29, 0.717) is 6.04 Å². The number of thioether (sulfide) groups is 1. The summed E-state index contributed by atoms with van der Waals surface area (Å²) in [7, 11) is 0. The normalized spacial score (nSPS) is 27.3. The van der Waals surface area contributed by atoms with Gasteiger partial charge >= 0.3 is 0 Å². The molecule has 0 radical (unpaired) electrons. The molecule has 2 rings (SSSR count). The fourth-order valence-corrected chi connectivity index (χ4v) is 4.69. The Bertz CT molecular complexity index is 330. The second kappa shape index (κ2) is 6.94.